The highest BCUT2D eigenvalue weighted by Gasteiger charge is 2.18. The van der Waals surface area contributed by atoms with Gasteiger partial charge in [0.15, 0.2) is 5.01 Å². The molecule has 0 spiro atoms. The molecule has 0 atom stereocenters. The van der Waals surface area contributed by atoms with Gasteiger partial charge in [0.2, 0.25) is 0 Å². The molecule has 0 saturated carbocycles. The number of nitro groups is 1. The largest absolute Gasteiger partial charge is 0.324 e. The van der Waals surface area contributed by atoms with Crippen molar-refractivity contribution in [2.75, 3.05) is 0 Å². The second-order valence-electron chi connectivity index (χ2n) is 3.48. The average molecular weight is 250 g/mol. The highest BCUT2D eigenvalue weighted by molar-refractivity contribution is 7.14. The molecule has 1 heterocycles. The third-order valence-electron chi connectivity index (χ3n) is 2.22. The van der Waals surface area contributed by atoms with E-state index in [-0.39, 0.29) is 12.2 Å². The molecule has 0 saturated heterocycles. The third kappa shape index (κ3) is 2.29. The maximum Gasteiger partial charge on any atom is 0.279 e. The summed E-state index contributed by atoms with van der Waals surface area (Å²) in [4.78, 5) is 10.5. The van der Waals surface area contributed by atoms with Gasteiger partial charge in [-0.15, -0.1) is 10.2 Å². The van der Waals surface area contributed by atoms with Crippen LogP contribution in [0.2, 0.25) is 0 Å². The molecule has 88 valence electrons. The average Bonchev–Trinajstić information content (AvgIpc) is 2.76. The number of hydrogen-bond acceptors (Lipinski definition) is 6. The van der Waals surface area contributed by atoms with Gasteiger partial charge in [0.25, 0.3) is 5.69 Å². The van der Waals surface area contributed by atoms with Gasteiger partial charge >= 0.3 is 0 Å². The van der Waals surface area contributed by atoms with E-state index in [2.05, 4.69) is 10.2 Å². The van der Waals surface area contributed by atoms with E-state index in [9.17, 15) is 10.1 Å². The van der Waals surface area contributed by atoms with Crippen molar-refractivity contribution in [1.29, 1.82) is 0 Å². The minimum atomic E-state index is -0.418. The summed E-state index contributed by atoms with van der Waals surface area (Å²) in [6, 6.07) is 4.92. The summed E-state index contributed by atoms with van der Waals surface area (Å²) in [6.07, 6.45) is 0. The van der Waals surface area contributed by atoms with Crippen LogP contribution in [0.3, 0.4) is 0 Å². The van der Waals surface area contributed by atoms with Crippen molar-refractivity contribution in [3.8, 4) is 10.6 Å². The van der Waals surface area contributed by atoms with Crippen molar-refractivity contribution in [2.45, 2.75) is 13.5 Å². The number of aryl methyl sites for hydroxylation is 1. The maximum absolute atomic E-state index is 10.9. The Bertz CT molecular complexity index is 567. The van der Waals surface area contributed by atoms with Crippen molar-refractivity contribution >= 4 is 17.0 Å². The molecule has 2 N–H and O–H groups in total. The first-order valence-corrected chi connectivity index (χ1v) is 5.71. The monoisotopic (exact) mass is 250 g/mol. The summed E-state index contributed by atoms with van der Waals surface area (Å²) in [5.74, 6) is 0. The molecule has 2 rings (SSSR count). The molecule has 6 nitrogen and oxygen atoms in total. The summed E-state index contributed by atoms with van der Waals surface area (Å²) < 4.78 is 0. The number of nitrogens with zero attached hydrogens (tertiary/aromatic N) is 3. The molecule has 0 radical (unpaired) electrons. The van der Waals surface area contributed by atoms with Gasteiger partial charge in [-0.2, -0.15) is 0 Å². The van der Waals surface area contributed by atoms with E-state index in [0.717, 1.165) is 5.56 Å². The number of hydrogen-bond donors (Lipinski definition) is 1. The minimum absolute atomic E-state index is 0.0373. The Hall–Kier alpha value is -1.86. The Balaban J connectivity index is 2.56. The highest BCUT2D eigenvalue weighted by Crippen LogP contribution is 2.32. The van der Waals surface area contributed by atoms with Crippen molar-refractivity contribution < 1.29 is 4.92 Å². The van der Waals surface area contributed by atoms with Crippen LogP contribution in [0.4, 0.5) is 5.69 Å². The molecule has 2 aromatic rings. The van der Waals surface area contributed by atoms with Crippen LogP contribution in [0.25, 0.3) is 10.6 Å². The smallest absolute Gasteiger partial charge is 0.279 e. The molecule has 0 aliphatic heterocycles. The fraction of sp³-hybridized carbons (Fsp3) is 0.200. The fourth-order valence-corrected chi connectivity index (χ4v) is 2.17. The van der Waals surface area contributed by atoms with Crippen LogP contribution in [0, 0.1) is 17.0 Å². The molecule has 1 aromatic heterocycles. The molecule has 0 bridgehead atoms. The SMILES string of the molecule is Cc1ccc([N+](=O)[O-])c(-c2nnc(CN)s2)c1. The van der Waals surface area contributed by atoms with Crippen LogP contribution in [0.5, 0.6) is 0 Å². The first-order chi connectivity index (χ1) is 8.11. The van der Waals surface area contributed by atoms with Gasteiger partial charge in [-0.3, -0.25) is 10.1 Å². The first kappa shape index (κ1) is 11.6. The van der Waals surface area contributed by atoms with E-state index in [1.807, 2.05) is 6.92 Å². The van der Waals surface area contributed by atoms with Crippen molar-refractivity contribution in [1.82, 2.24) is 10.2 Å². The van der Waals surface area contributed by atoms with Crippen LogP contribution < -0.4 is 5.73 Å². The normalized spacial score (nSPS) is 10.5. The van der Waals surface area contributed by atoms with Crippen LogP contribution >= 0.6 is 11.3 Å². The zero-order valence-electron chi connectivity index (χ0n) is 9.08. The lowest BCUT2D eigenvalue weighted by Gasteiger charge is -1.99. The molecule has 17 heavy (non-hydrogen) atoms. The van der Waals surface area contributed by atoms with Gasteiger partial charge in [0, 0.05) is 12.6 Å². The Labute approximate surface area is 101 Å². The van der Waals surface area contributed by atoms with Crippen molar-refractivity contribution in [3.63, 3.8) is 0 Å². The topological polar surface area (TPSA) is 94.9 Å². The lowest BCUT2D eigenvalue weighted by Crippen LogP contribution is -1.94. The van der Waals surface area contributed by atoms with Crippen LogP contribution in [0.15, 0.2) is 18.2 Å². The van der Waals surface area contributed by atoms with Gasteiger partial charge in [-0.1, -0.05) is 17.4 Å². The maximum atomic E-state index is 10.9. The predicted octanol–water partition coefficient (Wildman–Crippen LogP) is 1.88. The van der Waals surface area contributed by atoms with Crippen LogP contribution in [0.1, 0.15) is 10.6 Å². The summed E-state index contributed by atoms with van der Waals surface area (Å²) in [7, 11) is 0. The van der Waals surface area contributed by atoms with E-state index >= 15 is 0 Å². The van der Waals surface area contributed by atoms with E-state index in [4.69, 9.17) is 5.73 Å². The highest BCUT2D eigenvalue weighted by atomic mass is 32.1. The zero-order valence-corrected chi connectivity index (χ0v) is 9.90. The molecule has 0 amide bonds. The molecule has 1 aromatic carbocycles. The van der Waals surface area contributed by atoms with Gasteiger partial charge in [0.05, 0.1) is 10.5 Å². The van der Waals surface area contributed by atoms with E-state index in [0.29, 0.717) is 15.6 Å². The number of benzene rings is 1. The lowest BCUT2D eigenvalue weighted by atomic mass is 10.1. The van der Waals surface area contributed by atoms with Gasteiger partial charge in [-0.05, 0) is 18.6 Å². The van der Waals surface area contributed by atoms with Gasteiger partial charge in [-0.25, -0.2) is 0 Å². The van der Waals surface area contributed by atoms with E-state index in [1.165, 1.54) is 17.4 Å². The second kappa shape index (κ2) is 4.56. The van der Waals surface area contributed by atoms with Gasteiger partial charge < -0.3 is 5.73 Å². The quantitative estimate of drug-likeness (QED) is 0.662. The number of rotatable bonds is 3. The molecule has 7 heteroatoms. The third-order valence-corrected chi connectivity index (χ3v) is 3.20. The molecule has 0 fully saturated rings. The molecule has 0 aliphatic carbocycles. The number of nitro benzene ring substituents is 1. The minimum Gasteiger partial charge on any atom is -0.324 e. The summed E-state index contributed by atoms with van der Waals surface area (Å²) in [5.41, 5.74) is 6.91. The molecule has 0 unspecified atom stereocenters. The Morgan fingerprint density at radius 3 is 2.82 bits per heavy atom. The standard InChI is InChI=1S/C10H10N4O2S/c1-6-2-3-8(14(15)16)7(4-6)10-13-12-9(5-11)17-10/h2-4H,5,11H2,1H3. The second-order valence-corrected chi connectivity index (χ2v) is 4.54. The lowest BCUT2D eigenvalue weighted by molar-refractivity contribution is -0.384. The predicted molar refractivity (Wildman–Crippen MR) is 64.6 cm³/mol. The Morgan fingerprint density at radius 2 is 2.24 bits per heavy atom. The molecular formula is C10H10N4O2S. The van der Waals surface area contributed by atoms with Crippen LogP contribution in [-0.2, 0) is 6.54 Å². The van der Waals surface area contributed by atoms with Crippen LogP contribution in [-0.4, -0.2) is 15.1 Å². The zero-order chi connectivity index (χ0) is 12.4. The molecule has 0 aliphatic rings. The van der Waals surface area contributed by atoms with E-state index in [1.54, 1.807) is 12.1 Å². The Morgan fingerprint density at radius 1 is 1.47 bits per heavy atom. The summed E-state index contributed by atoms with van der Waals surface area (Å²) >= 11 is 1.27. The Kier molecular flexibility index (Phi) is 3.12. The summed E-state index contributed by atoms with van der Waals surface area (Å²) in [6.45, 7) is 2.16. The first-order valence-electron chi connectivity index (χ1n) is 4.89. The number of nitrogens with two attached hydrogens (primary N) is 1. The van der Waals surface area contributed by atoms with Crippen molar-refractivity contribution in [3.05, 3.63) is 38.9 Å². The van der Waals surface area contributed by atoms with Crippen molar-refractivity contribution in [2.24, 2.45) is 5.73 Å². The van der Waals surface area contributed by atoms with Gasteiger partial charge in [0.1, 0.15) is 5.01 Å². The van der Waals surface area contributed by atoms with E-state index < -0.39 is 4.92 Å². The summed E-state index contributed by atoms with van der Waals surface area (Å²) in [5, 5.41) is 19.9. The molecular weight excluding hydrogens is 240 g/mol. The fourth-order valence-electron chi connectivity index (χ4n) is 1.43. The number of aromatic nitrogens is 2.